The summed E-state index contributed by atoms with van der Waals surface area (Å²) in [4.78, 5) is 11.9. The standard InChI is InChI=1S/C10H4BrFN2O/c11-7-4-13-14-8-2-1-5(12)3-6(8)10(15)9(7)14/h1-4H. The van der Waals surface area contributed by atoms with E-state index in [1.54, 1.807) is 12.3 Å². The van der Waals surface area contributed by atoms with E-state index in [0.29, 0.717) is 21.4 Å². The van der Waals surface area contributed by atoms with E-state index in [2.05, 4.69) is 21.0 Å². The van der Waals surface area contributed by atoms with E-state index in [1.165, 1.54) is 16.8 Å². The van der Waals surface area contributed by atoms with Gasteiger partial charge in [0.15, 0.2) is 0 Å². The molecule has 0 spiro atoms. The third-order valence-electron chi connectivity index (χ3n) is 2.37. The lowest BCUT2D eigenvalue weighted by molar-refractivity contribution is 0.103. The monoisotopic (exact) mass is 266 g/mol. The Hall–Kier alpha value is -1.49. The highest BCUT2D eigenvalue weighted by Gasteiger charge is 2.30. The number of hydrogen-bond donors (Lipinski definition) is 0. The van der Waals surface area contributed by atoms with Crippen LogP contribution in [0.1, 0.15) is 16.1 Å². The summed E-state index contributed by atoms with van der Waals surface area (Å²) in [5.41, 5.74) is 1.44. The van der Waals surface area contributed by atoms with Gasteiger partial charge in [0.2, 0.25) is 5.78 Å². The SMILES string of the molecule is O=C1c2cc(F)ccc2-n2ncc(Br)c21. The number of benzene rings is 1. The summed E-state index contributed by atoms with van der Waals surface area (Å²) in [7, 11) is 0. The van der Waals surface area contributed by atoms with Gasteiger partial charge < -0.3 is 0 Å². The molecule has 0 saturated carbocycles. The van der Waals surface area contributed by atoms with Crippen LogP contribution in [0.5, 0.6) is 0 Å². The van der Waals surface area contributed by atoms with Gasteiger partial charge in [-0.1, -0.05) is 0 Å². The predicted molar refractivity (Wildman–Crippen MR) is 54.7 cm³/mol. The molecule has 74 valence electrons. The third kappa shape index (κ3) is 1.04. The van der Waals surface area contributed by atoms with Gasteiger partial charge in [0.05, 0.1) is 21.9 Å². The molecular weight excluding hydrogens is 263 g/mol. The van der Waals surface area contributed by atoms with Crippen LogP contribution < -0.4 is 0 Å². The smallest absolute Gasteiger partial charge is 0.214 e. The largest absolute Gasteiger partial charge is 0.287 e. The van der Waals surface area contributed by atoms with E-state index in [-0.39, 0.29) is 5.78 Å². The van der Waals surface area contributed by atoms with Gasteiger partial charge in [-0.3, -0.25) is 4.79 Å². The van der Waals surface area contributed by atoms with Crippen LogP contribution in [0.3, 0.4) is 0 Å². The molecule has 1 aromatic heterocycles. The van der Waals surface area contributed by atoms with Crippen LogP contribution in [0.2, 0.25) is 0 Å². The minimum atomic E-state index is -0.413. The fourth-order valence-electron chi connectivity index (χ4n) is 1.72. The summed E-state index contributed by atoms with van der Waals surface area (Å²) in [6.45, 7) is 0. The molecule has 0 N–H and O–H groups in total. The van der Waals surface area contributed by atoms with Crippen molar-refractivity contribution < 1.29 is 9.18 Å². The van der Waals surface area contributed by atoms with Crippen LogP contribution in [0, 0.1) is 5.82 Å². The van der Waals surface area contributed by atoms with Crippen LogP contribution in [0.4, 0.5) is 4.39 Å². The number of fused-ring (bicyclic) bond motifs is 3. The minimum Gasteiger partial charge on any atom is -0.287 e. The Balaban J connectivity index is 2.38. The van der Waals surface area contributed by atoms with Crippen molar-refractivity contribution in [2.45, 2.75) is 0 Å². The topological polar surface area (TPSA) is 34.9 Å². The summed E-state index contributed by atoms with van der Waals surface area (Å²) < 4.78 is 15.1. The van der Waals surface area contributed by atoms with Crippen molar-refractivity contribution in [1.82, 2.24) is 9.78 Å². The average Bonchev–Trinajstić information content (AvgIpc) is 2.70. The third-order valence-corrected chi connectivity index (χ3v) is 2.95. The fourth-order valence-corrected chi connectivity index (χ4v) is 2.16. The molecular formula is C10H4BrFN2O. The van der Waals surface area contributed by atoms with E-state index in [0.717, 1.165) is 0 Å². The van der Waals surface area contributed by atoms with Gasteiger partial charge in [-0.2, -0.15) is 5.10 Å². The van der Waals surface area contributed by atoms with Gasteiger partial charge in [-0.25, -0.2) is 9.07 Å². The number of ketones is 1. The van der Waals surface area contributed by atoms with Gasteiger partial charge in [0.25, 0.3) is 0 Å². The number of halogens is 2. The number of rotatable bonds is 0. The zero-order valence-electron chi connectivity index (χ0n) is 7.37. The van der Waals surface area contributed by atoms with Crippen LogP contribution >= 0.6 is 15.9 Å². The molecule has 0 bridgehead atoms. The first-order valence-corrected chi connectivity index (χ1v) is 5.06. The fraction of sp³-hybridized carbons (Fsp3) is 0. The first kappa shape index (κ1) is 8.79. The number of carbonyl (C=O) groups excluding carboxylic acids is 1. The lowest BCUT2D eigenvalue weighted by atomic mass is 10.1. The average molecular weight is 267 g/mol. The molecule has 1 aliphatic rings. The Morgan fingerprint density at radius 1 is 1.40 bits per heavy atom. The van der Waals surface area contributed by atoms with Gasteiger partial charge in [0, 0.05) is 0 Å². The number of nitrogens with zero attached hydrogens (tertiary/aromatic N) is 2. The number of aromatic nitrogens is 2. The normalized spacial score (nSPS) is 12.8. The lowest BCUT2D eigenvalue weighted by Gasteiger charge is -1.97. The zero-order valence-corrected chi connectivity index (χ0v) is 8.95. The Bertz CT molecular complexity index is 591. The Kier molecular flexibility index (Phi) is 1.62. The summed E-state index contributed by atoms with van der Waals surface area (Å²) >= 11 is 3.24. The molecule has 0 saturated heterocycles. The molecule has 0 unspecified atom stereocenters. The Morgan fingerprint density at radius 3 is 3.00 bits per heavy atom. The highest BCUT2D eigenvalue weighted by atomic mass is 79.9. The van der Waals surface area contributed by atoms with E-state index in [9.17, 15) is 9.18 Å². The second-order valence-corrected chi connectivity index (χ2v) is 4.10. The molecule has 0 aliphatic carbocycles. The molecule has 0 amide bonds. The maximum Gasteiger partial charge on any atom is 0.214 e. The second kappa shape index (κ2) is 2.76. The summed E-state index contributed by atoms with van der Waals surface area (Å²) in [5.74, 6) is -0.613. The zero-order chi connectivity index (χ0) is 10.6. The van der Waals surface area contributed by atoms with Gasteiger partial charge in [-0.05, 0) is 34.1 Å². The van der Waals surface area contributed by atoms with Crippen molar-refractivity contribution in [3.8, 4) is 5.69 Å². The molecule has 0 atom stereocenters. The molecule has 1 aliphatic heterocycles. The maximum absolute atomic E-state index is 13.0. The van der Waals surface area contributed by atoms with Gasteiger partial charge in [-0.15, -0.1) is 0 Å². The molecule has 0 fully saturated rings. The van der Waals surface area contributed by atoms with Gasteiger partial charge >= 0.3 is 0 Å². The quantitative estimate of drug-likeness (QED) is 0.626. The summed E-state index contributed by atoms with van der Waals surface area (Å²) in [6.07, 6.45) is 1.56. The summed E-state index contributed by atoms with van der Waals surface area (Å²) in [5, 5.41) is 4.04. The van der Waals surface area contributed by atoms with Crippen molar-refractivity contribution in [2.75, 3.05) is 0 Å². The Morgan fingerprint density at radius 2 is 2.20 bits per heavy atom. The predicted octanol–water partition coefficient (Wildman–Crippen LogP) is 2.32. The first-order valence-electron chi connectivity index (χ1n) is 4.26. The Labute approximate surface area is 92.6 Å². The molecule has 3 nitrogen and oxygen atoms in total. The van der Waals surface area contributed by atoms with E-state index in [1.807, 2.05) is 0 Å². The minimum absolute atomic E-state index is 0.200. The van der Waals surface area contributed by atoms with Crippen LogP contribution in [0.15, 0.2) is 28.9 Å². The molecule has 15 heavy (non-hydrogen) atoms. The van der Waals surface area contributed by atoms with E-state index < -0.39 is 5.82 Å². The lowest BCUT2D eigenvalue weighted by Crippen LogP contribution is -1.96. The van der Waals surface area contributed by atoms with Crippen molar-refractivity contribution in [1.29, 1.82) is 0 Å². The van der Waals surface area contributed by atoms with E-state index >= 15 is 0 Å². The van der Waals surface area contributed by atoms with Crippen LogP contribution in [-0.2, 0) is 0 Å². The molecule has 0 radical (unpaired) electrons. The van der Waals surface area contributed by atoms with E-state index in [4.69, 9.17) is 0 Å². The first-order chi connectivity index (χ1) is 7.18. The number of carbonyl (C=O) groups is 1. The molecule has 2 heterocycles. The van der Waals surface area contributed by atoms with Crippen molar-refractivity contribution >= 4 is 21.7 Å². The molecule has 3 rings (SSSR count). The summed E-state index contributed by atoms with van der Waals surface area (Å²) in [6, 6.07) is 4.11. The van der Waals surface area contributed by atoms with Crippen molar-refractivity contribution in [2.24, 2.45) is 0 Å². The molecule has 5 heteroatoms. The molecule has 2 aromatic rings. The molecule has 1 aromatic carbocycles. The van der Waals surface area contributed by atoms with Crippen LogP contribution in [-0.4, -0.2) is 15.6 Å². The van der Waals surface area contributed by atoms with Gasteiger partial charge in [0.1, 0.15) is 11.5 Å². The van der Waals surface area contributed by atoms with Crippen molar-refractivity contribution in [3.05, 3.63) is 45.9 Å². The highest BCUT2D eigenvalue weighted by molar-refractivity contribution is 9.10. The van der Waals surface area contributed by atoms with Crippen molar-refractivity contribution in [3.63, 3.8) is 0 Å². The number of hydrogen-bond acceptors (Lipinski definition) is 2. The maximum atomic E-state index is 13.0. The second-order valence-electron chi connectivity index (χ2n) is 3.24. The highest BCUT2D eigenvalue weighted by Crippen LogP contribution is 2.31. The van der Waals surface area contributed by atoms with Crippen LogP contribution in [0.25, 0.3) is 5.69 Å².